The summed E-state index contributed by atoms with van der Waals surface area (Å²) in [4.78, 5) is 61.3. The molecule has 0 aliphatic rings. The van der Waals surface area contributed by atoms with Crippen LogP contribution in [0.2, 0.25) is 0 Å². The molecule has 48 heavy (non-hydrogen) atoms. The van der Waals surface area contributed by atoms with E-state index in [9.17, 15) is 24.3 Å². The van der Waals surface area contributed by atoms with E-state index in [0.29, 0.717) is 23.1 Å². The number of nitrogens with zero attached hydrogens (tertiary/aromatic N) is 2. The van der Waals surface area contributed by atoms with E-state index in [1.54, 1.807) is 50.5 Å². The Hall–Kier alpha value is -5.50. The van der Waals surface area contributed by atoms with Gasteiger partial charge < -0.3 is 44.0 Å². The molecule has 3 rings (SSSR count). The summed E-state index contributed by atoms with van der Waals surface area (Å²) in [5.41, 5.74) is 26.1. The molecule has 0 fully saturated rings. The molecule has 1 heterocycles. The number of carbonyl (C=O) groups excluding carboxylic acids is 4. The van der Waals surface area contributed by atoms with Gasteiger partial charge in [-0.3, -0.25) is 29.2 Å². The summed E-state index contributed by atoms with van der Waals surface area (Å²) in [6, 6.07) is 11.3. The Morgan fingerprint density at radius 2 is 1.35 bits per heavy atom. The lowest BCUT2D eigenvalue weighted by Crippen LogP contribution is -2.58. The number of hydrogen-bond acceptors (Lipinski definition) is 8. The van der Waals surface area contributed by atoms with Gasteiger partial charge in [0.15, 0.2) is 5.96 Å². The van der Waals surface area contributed by atoms with Crippen molar-refractivity contribution in [3.8, 4) is 5.75 Å². The minimum absolute atomic E-state index is 0.0322. The van der Waals surface area contributed by atoms with Crippen molar-refractivity contribution in [2.75, 3.05) is 6.54 Å². The number of amides is 4. The first-order valence-corrected chi connectivity index (χ1v) is 15.6. The molecule has 4 amide bonds. The van der Waals surface area contributed by atoms with Crippen molar-refractivity contribution in [2.45, 2.75) is 70.1 Å². The summed E-state index contributed by atoms with van der Waals surface area (Å²) in [5.74, 6) is -2.64. The number of aryl methyl sites for hydroxylation is 2. The van der Waals surface area contributed by atoms with Crippen LogP contribution in [0.25, 0.3) is 0 Å². The van der Waals surface area contributed by atoms with Crippen LogP contribution in [-0.4, -0.2) is 70.4 Å². The number of carbonyl (C=O) groups is 4. The minimum atomic E-state index is -1.17. The van der Waals surface area contributed by atoms with E-state index in [4.69, 9.17) is 22.9 Å². The Bertz CT molecular complexity index is 1560. The topological polar surface area (TPSA) is 254 Å². The van der Waals surface area contributed by atoms with Crippen molar-refractivity contribution in [2.24, 2.45) is 27.9 Å². The van der Waals surface area contributed by atoms with E-state index < -0.39 is 47.8 Å². The maximum absolute atomic E-state index is 14.0. The van der Waals surface area contributed by atoms with Gasteiger partial charge in [0, 0.05) is 38.2 Å². The lowest BCUT2D eigenvalue weighted by molar-refractivity contribution is -0.133. The van der Waals surface area contributed by atoms with Crippen LogP contribution < -0.4 is 38.9 Å². The van der Waals surface area contributed by atoms with Crippen LogP contribution in [0.4, 0.5) is 0 Å². The van der Waals surface area contributed by atoms with Crippen molar-refractivity contribution in [3.05, 3.63) is 94.8 Å². The fourth-order valence-electron chi connectivity index (χ4n) is 5.22. The number of guanidine groups is 1. The Morgan fingerprint density at radius 1 is 0.792 bits per heavy atom. The van der Waals surface area contributed by atoms with E-state index in [2.05, 4.69) is 25.9 Å². The van der Waals surface area contributed by atoms with Crippen LogP contribution >= 0.6 is 0 Å². The zero-order valence-electron chi connectivity index (χ0n) is 27.2. The molecule has 0 bridgehead atoms. The van der Waals surface area contributed by atoms with E-state index in [0.717, 1.165) is 11.1 Å². The molecule has 4 atom stereocenters. The predicted octanol–water partition coefficient (Wildman–Crippen LogP) is -0.247. The fraction of sp³-hybridized carbons (Fsp3) is 0.353. The standard InChI is InChI=1S/C34H45N9O5/c1-20-14-24(44)15-21(2)25(20)18-29(42-31(46)26(35)11-7-13-40-34(37)38)33(48)43-28(17-23-10-6-12-39-19-23)32(47)41-27(30(36)45)16-22-8-4-3-5-9-22/h3-6,8-10,12,14-15,19,26-29,44H,7,11,13,16-18,35H2,1-2H3,(H2,36,45)(H,41,47)(H,42,46)(H,43,48)(H4,37,38,40)/t26-,27+,28+,29+/m1/s1. The maximum atomic E-state index is 14.0. The number of aromatic nitrogens is 1. The van der Waals surface area contributed by atoms with Crippen molar-refractivity contribution in [1.82, 2.24) is 20.9 Å². The van der Waals surface area contributed by atoms with E-state index in [-0.39, 0.29) is 43.9 Å². The molecule has 2 aromatic carbocycles. The van der Waals surface area contributed by atoms with Gasteiger partial charge in [0.2, 0.25) is 23.6 Å². The molecular formula is C34H45N9O5. The monoisotopic (exact) mass is 659 g/mol. The number of rotatable bonds is 17. The van der Waals surface area contributed by atoms with Crippen molar-refractivity contribution in [3.63, 3.8) is 0 Å². The number of aromatic hydroxyl groups is 1. The molecule has 0 saturated heterocycles. The Morgan fingerprint density at radius 3 is 1.94 bits per heavy atom. The highest BCUT2D eigenvalue weighted by molar-refractivity contribution is 5.95. The molecule has 12 N–H and O–H groups in total. The summed E-state index contributed by atoms with van der Waals surface area (Å²) < 4.78 is 0. The number of nitrogens with one attached hydrogen (secondary N) is 3. The van der Waals surface area contributed by atoms with E-state index >= 15 is 0 Å². The molecule has 0 radical (unpaired) electrons. The van der Waals surface area contributed by atoms with Crippen molar-refractivity contribution < 1.29 is 24.3 Å². The van der Waals surface area contributed by atoms with Gasteiger partial charge in [-0.05, 0) is 72.7 Å². The van der Waals surface area contributed by atoms with Gasteiger partial charge >= 0.3 is 0 Å². The highest BCUT2D eigenvalue weighted by Crippen LogP contribution is 2.22. The molecule has 1 aromatic heterocycles. The summed E-state index contributed by atoms with van der Waals surface area (Å²) in [6.45, 7) is 3.84. The Kier molecular flexibility index (Phi) is 13.9. The van der Waals surface area contributed by atoms with Gasteiger partial charge in [-0.15, -0.1) is 0 Å². The third-order valence-electron chi connectivity index (χ3n) is 7.76. The fourth-order valence-corrected chi connectivity index (χ4v) is 5.22. The quantitative estimate of drug-likeness (QED) is 0.0539. The van der Waals surface area contributed by atoms with Crippen LogP contribution in [0.15, 0.2) is 72.0 Å². The SMILES string of the molecule is Cc1cc(O)cc(C)c1C[C@H](NC(=O)[C@H](N)CCCN=C(N)N)C(=O)N[C@@H](Cc1cccnc1)C(=O)N[C@@H](Cc1ccccc1)C(N)=O. The molecule has 0 aliphatic heterocycles. The first-order chi connectivity index (χ1) is 22.8. The largest absolute Gasteiger partial charge is 0.508 e. The average molecular weight is 660 g/mol. The Labute approximate surface area is 279 Å². The molecule has 3 aromatic rings. The number of primary amides is 1. The van der Waals surface area contributed by atoms with Gasteiger partial charge in [-0.25, -0.2) is 0 Å². The summed E-state index contributed by atoms with van der Waals surface area (Å²) in [5, 5.41) is 18.3. The number of pyridine rings is 1. The van der Waals surface area contributed by atoms with E-state index in [1.807, 2.05) is 30.3 Å². The first kappa shape index (κ1) is 37.0. The molecule has 14 heteroatoms. The number of benzene rings is 2. The zero-order chi connectivity index (χ0) is 35.2. The highest BCUT2D eigenvalue weighted by atomic mass is 16.3. The second kappa shape index (κ2) is 18.0. The highest BCUT2D eigenvalue weighted by Gasteiger charge is 2.31. The lowest BCUT2D eigenvalue weighted by atomic mass is 9.95. The molecule has 0 unspecified atom stereocenters. The second-order valence-corrected chi connectivity index (χ2v) is 11.7. The van der Waals surface area contributed by atoms with Crippen LogP contribution in [0.1, 0.15) is 40.7 Å². The third kappa shape index (κ3) is 11.7. The van der Waals surface area contributed by atoms with Crippen molar-refractivity contribution >= 4 is 29.6 Å². The number of nitrogens with two attached hydrogens (primary N) is 4. The molecule has 256 valence electrons. The smallest absolute Gasteiger partial charge is 0.243 e. The third-order valence-corrected chi connectivity index (χ3v) is 7.76. The Balaban J connectivity index is 1.88. The van der Waals surface area contributed by atoms with Crippen molar-refractivity contribution in [1.29, 1.82) is 0 Å². The number of hydrogen-bond donors (Lipinski definition) is 8. The summed E-state index contributed by atoms with van der Waals surface area (Å²) in [7, 11) is 0. The first-order valence-electron chi connectivity index (χ1n) is 15.6. The van der Waals surface area contributed by atoms with Crippen LogP contribution in [0.3, 0.4) is 0 Å². The van der Waals surface area contributed by atoms with Crippen LogP contribution in [0, 0.1) is 13.8 Å². The van der Waals surface area contributed by atoms with Gasteiger partial charge in [0.1, 0.15) is 23.9 Å². The molecule has 0 aliphatic carbocycles. The maximum Gasteiger partial charge on any atom is 0.243 e. The van der Waals surface area contributed by atoms with Gasteiger partial charge in [-0.1, -0.05) is 36.4 Å². The molecule has 14 nitrogen and oxygen atoms in total. The zero-order valence-corrected chi connectivity index (χ0v) is 27.2. The van der Waals surface area contributed by atoms with Gasteiger partial charge in [0.25, 0.3) is 0 Å². The number of phenolic OH excluding ortho intramolecular Hbond substituents is 1. The summed E-state index contributed by atoms with van der Waals surface area (Å²) in [6.07, 6.45) is 4.03. The minimum Gasteiger partial charge on any atom is -0.508 e. The van der Waals surface area contributed by atoms with E-state index in [1.165, 1.54) is 0 Å². The lowest BCUT2D eigenvalue weighted by Gasteiger charge is -2.26. The average Bonchev–Trinajstić information content (AvgIpc) is 3.04. The predicted molar refractivity (Wildman–Crippen MR) is 182 cm³/mol. The van der Waals surface area contributed by atoms with Crippen LogP contribution in [0.5, 0.6) is 5.75 Å². The normalized spacial score (nSPS) is 13.3. The second-order valence-electron chi connectivity index (χ2n) is 11.7. The van der Waals surface area contributed by atoms with Gasteiger partial charge in [-0.2, -0.15) is 0 Å². The molecular weight excluding hydrogens is 614 g/mol. The molecule has 0 spiro atoms. The number of aliphatic imine (C=N–C) groups is 1. The number of phenols is 1. The van der Waals surface area contributed by atoms with Crippen LogP contribution in [-0.2, 0) is 38.4 Å². The molecule has 0 saturated carbocycles. The van der Waals surface area contributed by atoms with Gasteiger partial charge in [0.05, 0.1) is 6.04 Å². The summed E-state index contributed by atoms with van der Waals surface area (Å²) >= 11 is 0.